The number of amides is 1. The molecule has 1 aliphatic rings. The Morgan fingerprint density at radius 2 is 2.12 bits per heavy atom. The Bertz CT molecular complexity index is 873. The normalized spacial score (nSPS) is 15.5. The fourth-order valence-electron chi connectivity index (χ4n) is 2.54. The first kappa shape index (κ1) is 16.6. The molecule has 24 heavy (non-hydrogen) atoms. The Hall–Kier alpha value is -2.23. The van der Waals surface area contributed by atoms with Crippen molar-refractivity contribution in [3.63, 3.8) is 0 Å². The first-order valence-corrected chi connectivity index (χ1v) is 8.96. The smallest absolute Gasteiger partial charge is 0.271 e. The molecule has 0 unspecified atom stereocenters. The van der Waals surface area contributed by atoms with E-state index in [2.05, 4.69) is 15.0 Å². The highest BCUT2D eigenvalue weighted by atomic mass is 32.2. The molecule has 0 fully saturated rings. The second-order valence-corrected chi connectivity index (χ2v) is 7.50. The number of fused-ring (bicyclic) bond motifs is 3. The van der Waals surface area contributed by atoms with Crippen molar-refractivity contribution in [3.8, 4) is 5.69 Å². The van der Waals surface area contributed by atoms with E-state index in [9.17, 15) is 13.2 Å². The van der Waals surface area contributed by atoms with Crippen molar-refractivity contribution < 1.29 is 13.2 Å². The van der Waals surface area contributed by atoms with E-state index in [4.69, 9.17) is 0 Å². The zero-order valence-electron chi connectivity index (χ0n) is 13.5. The lowest BCUT2D eigenvalue weighted by Gasteiger charge is -2.10. The molecule has 2 N–H and O–H groups in total. The van der Waals surface area contributed by atoms with Crippen molar-refractivity contribution in [1.29, 1.82) is 0 Å². The highest BCUT2D eigenvalue weighted by Gasteiger charge is 2.28. The standard InChI is InChI=1S/C15H19N5O3S/c1-19(2)8-7-16-15(21)14-12-9-18-24(22,23)13-6-4-3-5-11(13)20(12)10-17-14/h3-6,10,18H,7-9H2,1-2H3,(H,16,21). The number of rotatable bonds is 4. The quantitative estimate of drug-likeness (QED) is 0.807. The average molecular weight is 349 g/mol. The van der Waals surface area contributed by atoms with E-state index >= 15 is 0 Å². The van der Waals surface area contributed by atoms with Gasteiger partial charge in [0.15, 0.2) is 5.69 Å². The summed E-state index contributed by atoms with van der Waals surface area (Å²) in [6.45, 7) is 1.20. The summed E-state index contributed by atoms with van der Waals surface area (Å²) in [5.41, 5.74) is 1.23. The van der Waals surface area contributed by atoms with Crippen molar-refractivity contribution in [2.24, 2.45) is 0 Å². The van der Waals surface area contributed by atoms with Gasteiger partial charge in [-0.3, -0.25) is 9.36 Å². The molecule has 128 valence electrons. The van der Waals surface area contributed by atoms with E-state index in [1.54, 1.807) is 22.8 Å². The van der Waals surface area contributed by atoms with Gasteiger partial charge in [-0.1, -0.05) is 12.1 Å². The first-order chi connectivity index (χ1) is 11.4. The first-order valence-electron chi connectivity index (χ1n) is 7.48. The molecule has 8 nitrogen and oxygen atoms in total. The second-order valence-electron chi connectivity index (χ2n) is 5.76. The molecule has 0 spiro atoms. The minimum atomic E-state index is -3.62. The molecule has 0 saturated heterocycles. The average Bonchev–Trinajstić information content (AvgIpc) is 2.92. The van der Waals surface area contributed by atoms with Crippen LogP contribution in [0.25, 0.3) is 5.69 Å². The predicted octanol–water partition coefficient (Wildman–Crippen LogP) is -0.0444. The van der Waals surface area contributed by atoms with Gasteiger partial charge in [0.05, 0.1) is 17.9 Å². The number of hydrogen-bond acceptors (Lipinski definition) is 5. The van der Waals surface area contributed by atoms with Crippen molar-refractivity contribution in [1.82, 2.24) is 24.5 Å². The fourth-order valence-corrected chi connectivity index (χ4v) is 3.72. The topological polar surface area (TPSA) is 96.3 Å². The molecule has 0 saturated carbocycles. The molecular formula is C15H19N5O3S. The summed E-state index contributed by atoms with van der Waals surface area (Å²) in [5.74, 6) is -0.316. The number of carbonyl (C=O) groups excluding carboxylic acids is 1. The zero-order chi connectivity index (χ0) is 17.3. The van der Waals surface area contributed by atoms with E-state index in [-0.39, 0.29) is 23.0 Å². The molecule has 3 rings (SSSR count). The Labute approximate surface area is 140 Å². The van der Waals surface area contributed by atoms with Crippen LogP contribution in [-0.2, 0) is 16.6 Å². The zero-order valence-corrected chi connectivity index (χ0v) is 14.3. The van der Waals surface area contributed by atoms with E-state index in [1.807, 2.05) is 19.0 Å². The van der Waals surface area contributed by atoms with Gasteiger partial charge >= 0.3 is 0 Å². The summed E-state index contributed by atoms with van der Waals surface area (Å²) in [4.78, 5) is 18.7. The predicted molar refractivity (Wildman–Crippen MR) is 88.5 cm³/mol. The molecule has 0 radical (unpaired) electrons. The van der Waals surface area contributed by atoms with E-state index in [0.717, 1.165) is 0 Å². The molecule has 0 bridgehead atoms. The number of carbonyl (C=O) groups is 1. The number of nitrogens with one attached hydrogen (secondary N) is 2. The summed E-state index contributed by atoms with van der Waals surface area (Å²) in [7, 11) is 0.211. The van der Waals surface area contributed by atoms with Gasteiger partial charge in [-0.05, 0) is 26.2 Å². The lowest BCUT2D eigenvalue weighted by Crippen LogP contribution is -2.32. The number of sulfonamides is 1. The maximum atomic E-state index is 12.4. The highest BCUT2D eigenvalue weighted by molar-refractivity contribution is 7.89. The maximum absolute atomic E-state index is 12.4. The largest absolute Gasteiger partial charge is 0.349 e. The van der Waals surface area contributed by atoms with Crippen LogP contribution in [0.15, 0.2) is 35.5 Å². The van der Waals surface area contributed by atoms with Crippen LogP contribution in [0.1, 0.15) is 16.2 Å². The lowest BCUT2D eigenvalue weighted by atomic mass is 10.2. The van der Waals surface area contributed by atoms with Crippen LogP contribution >= 0.6 is 0 Å². The van der Waals surface area contributed by atoms with Crippen LogP contribution < -0.4 is 10.0 Å². The van der Waals surface area contributed by atoms with Crippen LogP contribution in [0.4, 0.5) is 0 Å². The Morgan fingerprint density at radius 1 is 1.38 bits per heavy atom. The maximum Gasteiger partial charge on any atom is 0.271 e. The molecule has 1 aromatic carbocycles. The number of aromatic nitrogens is 2. The van der Waals surface area contributed by atoms with Crippen LogP contribution in [0.5, 0.6) is 0 Å². The van der Waals surface area contributed by atoms with Gasteiger partial charge in [0.25, 0.3) is 5.91 Å². The van der Waals surface area contributed by atoms with Crippen LogP contribution in [0, 0.1) is 0 Å². The number of nitrogens with zero attached hydrogens (tertiary/aromatic N) is 3. The van der Waals surface area contributed by atoms with E-state index in [1.165, 1.54) is 12.4 Å². The summed E-state index contributed by atoms with van der Waals surface area (Å²) < 4.78 is 28.8. The van der Waals surface area contributed by atoms with Crippen LogP contribution in [0.2, 0.25) is 0 Å². The lowest BCUT2D eigenvalue weighted by molar-refractivity contribution is 0.0945. The Balaban J connectivity index is 1.96. The van der Waals surface area contributed by atoms with E-state index in [0.29, 0.717) is 24.5 Å². The molecule has 2 heterocycles. The Kier molecular flexibility index (Phi) is 4.39. The summed E-state index contributed by atoms with van der Waals surface area (Å²) >= 11 is 0. The van der Waals surface area contributed by atoms with Gasteiger partial charge in [0, 0.05) is 13.1 Å². The number of benzene rings is 1. The van der Waals surface area contributed by atoms with Crippen molar-refractivity contribution in [2.45, 2.75) is 11.4 Å². The molecular weight excluding hydrogens is 330 g/mol. The van der Waals surface area contributed by atoms with Crippen molar-refractivity contribution in [3.05, 3.63) is 42.0 Å². The van der Waals surface area contributed by atoms with Gasteiger partial charge in [-0.2, -0.15) is 0 Å². The van der Waals surface area contributed by atoms with Gasteiger partial charge in [-0.15, -0.1) is 0 Å². The molecule has 2 aromatic rings. The van der Waals surface area contributed by atoms with Crippen molar-refractivity contribution >= 4 is 15.9 Å². The third-order valence-electron chi connectivity index (χ3n) is 3.77. The minimum absolute atomic E-state index is 0.00739. The van der Waals surface area contributed by atoms with Gasteiger partial charge in [0.2, 0.25) is 10.0 Å². The van der Waals surface area contributed by atoms with Crippen LogP contribution in [-0.4, -0.2) is 56.0 Å². The van der Waals surface area contributed by atoms with Gasteiger partial charge < -0.3 is 10.2 Å². The Morgan fingerprint density at radius 3 is 2.88 bits per heavy atom. The summed E-state index contributed by atoms with van der Waals surface area (Å²) in [5, 5.41) is 2.80. The van der Waals surface area contributed by atoms with Gasteiger partial charge in [0.1, 0.15) is 11.2 Å². The van der Waals surface area contributed by atoms with Gasteiger partial charge in [-0.25, -0.2) is 18.1 Å². The SMILES string of the molecule is CN(C)CCNC(=O)c1ncn2c1CNS(=O)(=O)c1ccccc1-2. The fraction of sp³-hybridized carbons (Fsp3) is 0.333. The highest BCUT2D eigenvalue weighted by Crippen LogP contribution is 2.26. The van der Waals surface area contributed by atoms with Crippen LogP contribution in [0.3, 0.4) is 0 Å². The summed E-state index contributed by atoms with van der Waals surface area (Å²) in [6.07, 6.45) is 1.48. The van der Waals surface area contributed by atoms with Crippen molar-refractivity contribution in [2.75, 3.05) is 27.2 Å². The third-order valence-corrected chi connectivity index (χ3v) is 5.22. The minimum Gasteiger partial charge on any atom is -0.349 e. The second kappa shape index (κ2) is 6.34. The molecule has 0 atom stereocenters. The van der Waals surface area contributed by atoms with E-state index < -0.39 is 10.0 Å². The molecule has 9 heteroatoms. The number of hydrogen-bond donors (Lipinski definition) is 2. The number of likely N-dealkylation sites (N-methyl/N-ethyl adjacent to an activating group) is 1. The molecule has 0 aliphatic carbocycles. The monoisotopic (exact) mass is 349 g/mol. The number of imidazole rings is 1. The molecule has 1 aliphatic heterocycles. The summed E-state index contributed by atoms with van der Waals surface area (Å²) in [6, 6.07) is 6.64. The number of para-hydroxylation sites is 1. The molecule has 1 aromatic heterocycles. The molecule has 1 amide bonds. The third kappa shape index (κ3) is 3.05.